The molecular weight excluding hydrogens is 663 g/mol. The highest BCUT2D eigenvalue weighted by Crippen LogP contribution is 2.29. The van der Waals surface area contributed by atoms with Crippen LogP contribution in [0.2, 0.25) is 0 Å². The van der Waals surface area contributed by atoms with Gasteiger partial charge in [0.1, 0.15) is 29.8 Å². The van der Waals surface area contributed by atoms with Gasteiger partial charge in [0.15, 0.2) is 0 Å². The van der Waals surface area contributed by atoms with Gasteiger partial charge in [-0.25, -0.2) is 8.42 Å². The van der Waals surface area contributed by atoms with E-state index in [2.05, 4.69) is 5.32 Å². The maximum atomic E-state index is 14.7. The number of hydrogen-bond donors (Lipinski definition) is 1. The number of methoxy groups -OCH3 is 1. The summed E-state index contributed by atoms with van der Waals surface area (Å²) in [6.45, 7) is 3.34. The van der Waals surface area contributed by atoms with E-state index in [9.17, 15) is 18.0 Å². The van der Waals surface area contributed by atoms with Gasteiger partial charge in [-0.15, -0.1) is 0 Å². The van der Waals surface area contributed by atoms with Crippen molar-refractivity contribution in [1.29, 1.82) is 0 Å². The number of amides is 2. The van der Waals surface area contributed by atoms with Gasteiger partial charge in [-0.3, -0.25) is 13.9 Å². The van der Waals surface area contributed by atoms with E-state index in [1.807, 2.05) is 86.6 Å². The molecule has 264 valence electrons. The predicted octanol–water partition coefficient (Wildman–Crippen LogP) is 7.24. The first kappa shape index (κ1) is 36.7. The Labute approximate surface area is 300 Å². The van der Waals surface area contributed by atoms with Crippen molar-refractivity contribution in [2.45, 2.75) is 50.2 Å². The van der Waals surface area contributed by atoms with Crippen LogP contribution in [-0.2, 0) is 32.6 Å². The fourth-order valence-corrected chi connectivity index (χ4v) is 6.95. The van der Waals surface area contributed by atoms with E-state index in [-0.39, 0.29) is 35.5 Å². The minimum Gasteiger partial charge on any atom is -0.497 e. The summed E-state index contributed by atoms with van der Waals surface area (Å²) in [7, 11) is -2.68. The van der Waals surface area contributed by atoms with Gasteiger partial charge < -0.3 is 19.7 Å². The summed E-state index contributed by atoms with van der Waals surface area (Å²) in [5.74, 6) is 0.835. The number of benzene rings is 5. The number of hydrogen-bond acceptors (Lipinski definition) is 6. The highest BCUT2D eigenvalue weighted by molar-refractivity contribution is 7.92. The first-order valence-electron chi connectivity index (χ1n) is 16.9. The number of anilines is 1. The number of ether oxygens (including phenoxy) is 2. The number of sulfonamides is 1. The van der Waals surface area contributed by atoms with Crippen LogP contribution in [0, 0.1) is 0 Å². The number of para-hydroxylation sites is 1. The van der Waals surface area contributed by atoms with Gasteiger partial charge in [-0.1, -0.05) is 85.8 Å². The lowest BCUT2D eigenvalue weighted by molar-refractivity contribution is -0.140. The zero-order chi connectivity index (χ0) is 36.2. The summed E-state index contributed by atoms with van der Waals surface area (Å²) in [4.78, 5) is 30.3. The molecule has 0 aliphatic rings. The van der Waals surface area contributed by atoms with Gasteiger partial charge in [0.25, 0.3) is 10.0 Å². The molecule has 0 bridgehead atoms. The van der Waals surface area contributed by atoms with Gasteiger partial charge in [0.05, 0.1) is 17.7 Å². The summed E-state index contributed by atoms with van der Waals surface area (Å²) < 4.78 is 41.1. The molecule has 0 fully saturated rings. The van der Waals surface area contributed by atoms with E-state index in [1.165, 1.54) is 17.0 Å². The van der Waals surface area contributed by atoms with Crippen LogP contribution in [0.15, 0.2) is 144 Å². The summed E-state index contributed by atoms with van der Waals surface area (Å²) in [5, 5.41) is 3.06. The summed E-state index contributed by atoms with van der Waals surface area (Å²) in [5.41, 5.74) is 1.84. The molecule has 5 aromatic carbocycles. The molecule has 10 heteroatoms. The molecule has 0 unspecified atom stereocenters. The molecule has 5 rings (SSSR count). The van der Waals surface area contributed by atoms with Crippen molar-refractivity contribution in [3.63, 3.8) is 0 Å². The first-order valence-corrected chi connectivity index (χ1v) is 18.3. The highest BCUT2D eigenvalue weighted by atomic mass is 32.2. The molecule has 0 spiro atoms. The number of carbonyl (C=O) groups is 2. The molecule has 51 heavy (non-hydrogen) atoms. The Hall–Kier alpha value is -5.61. The number of nitrogens with one attached hydrogen (secondary N) is 1. The van der Waals surface area contributed by atoms with Gasteiger partial charge in [-0.2, -0.15) is 0 Å². The smallest absolute Gasteiger partial charge is 0.264 e. The minimum absolute atomic E-state index is 0.0251. The largest absolute Gasteiger partial charge is 0.497 e. The summed E-state index contributed by atoms with van der Waals surface area (Å²) in [6.07, 6.45) is 0.913. The third kappa shape index (κ3) is 9.76. The molecule has 9 nitrogen and oxygen atoms in total. The second-order valence-corrected chi connectivity index (χ2v) is 14.0. The van der Waals surface area contributed by atoms with Crippen LogP contribution >= 0.6 is 0 Å². The third-order valence-corrected chi connectivity index (χ3v) is 10.3. The summed E-state index contributed by atoms with van der Waals surface area (Å²) >= 11 is 0. The van der Waals surface area contributed by atoms with Crippen LogP contribution in [0.25, 0.3) is 0 Å². The van der Waals surface area contributed by atoms with Gasteiger partial charge in [0.2, 0.25) is 11.8 Å². The molecule has 1 N–H and O–H groups in total. The molecule has 0 aliphatic heterocycles. The lowest BCUT2D eigenvalue weighted by Crippen LogP contribution is -2.54. The van der Waals surface area contributed by atoms with E-state index in [0.29, 0.717) is 23.7 Å². The normalized spacial score (nSPS) is 12.3. The molecule has 0 saturated heterocycles. The van der Waals surface area contributed by atoms with Crippen LogP contribution in [0.3, 0.4) is 0 Å². The fraction of sp³-hybridized carbons (Fsp3) is 0.220. The summed E-state index contributed by atoms with van der Waals surface area (Å²) in [6, 6.07) is 39.4. The van der Waals surface area contributed by atoms with Crippen LogP contribution in [-0.4, -0.2) is 50.9 Å². The van der Waals surface area contributed by atoms with Gasteiger partial charge in [-0.05, 0) is 85.1 Å². The lowest BCUT2D eigenvalue weighted by Gasteiger charge is -2.34. The quantitative estimate of drug-likeness (QED) is 0.116. The Morgan fingerprint density at radius 1 is 0.725 bits per heavy atom. The van der Waals surface area contributed by atoms with Gasteiger partial charge >= 0.3 is 0 Å². The SMILES string of the molecule is CC[C@@H](C)NC(=O)[C@H](Cc1ccccc1)N(Cc1cccc(OC)c1)C(=O)CN(c1ccc(Oc2ccccc2)cc1)S(=O)(=O)c1ccccc1. The van der Waals surface area contributed by atoms with Crippen molar-refractivity contribution < 1.29 is 27.5 Å². The third-order valence-electron chi connectivity index (χ3n) is 8.47. The number of carbonyl (C=O) groups excluding carboxylic acids is 2. The molecule has 0 aromatic heterocycles. The Balaban J connectivity index is 1.56. The van der Waals surface area contributed by atoms with Crippen molar-refractivity contribution in [2.75, 3.05) is 18.0 Å². The zero-order valence-electron chi connectivity index (χ0n) is 29.0. The Bertz CT molecular complexity index is 1980. The first-order chi connectivity index (χ1) is 24.7. The molecule has 5 aromatic rings. The standard InChI is InChI=1S/C41H43N3O6S/c1-4-31(2)42-41(46)39(28-32-15-8-5-9-16-32)43(29-33-17-14-20-37(27-33)49-3)40(45)30-44(51(47,48)38-21-12-7-13-22-38)34-23-25-36(26-24-34)50-35-18-10-6-11-19-35/h5-27,31,39H,4,28-30H2,1-3H3,(H,42,46)/t31-,39+/m1/s1. The monoisotopic (exact) mass is 705 g/mol. The molecule has 2 amide bonds. The average Bonchev–Trinajstić information content (AvgIpc) is 3.16. The van der Waals surface area contributed by atoms with Gasteiger partial charge in [0, 0.05) is 19.0 Å². The van der Waals surface area contributed by atoms with Crippen LogP contribution in [0.4, 0.5) is 5.69 Å². The minimum atomic E-state index is -4.24. The van der Waals surface area contributed by atoms with Crippen LogP contribution in [0.5, 0.6) is 17.2 Å². The van der Waals surface area contributed by atoms with Crippen molar-refractivity contribution in [2.24, 2.45) is 0 Å². The topological polar surface area (TPSA) is 105 Å². The van der Waals surface area contributed by atoms with Crippen LogP contribution in [0.1, 0.15) is 31.4 Å². The maximum absolute atomic E-state index is 14.7. The highest BCUT2D eigenvalue weighted by Gasteiger charge is 2.35. The van der Waals surface area contributed by atoms with Crippen molar-refractivity contribution in [3.05, 3.63) is 151 Å². The predicted molar refractivity (Wildman–Crippen MR) is 199 cm³/mol. The zero-order valence-corrected chi connectivity index (χ0v) is 29.8. The average molecular weight is 706 g/mol. The van der Waals surface area contributed by atoms with Crippen molar-refractivity contribution in [3.8, 4) is 17.2 Å². The second-order valence-electron chi connectivity index (χ2n) is 12.1. The molecule has 0 aliphatic carbocycles. The Kier molecular flexibility index (Phi) is 12.5. The van der Waals surface area contributed by atoms with Crippen molar-refractivity contribution >= 4 is 27.5 Å². The van der Waals surface area contributed by atoms with E-state index < -0.39 is 28.5 Å². The fourth-order valence-electron chi connectivity index (χ4n) is 5.52. The van der Waals surface area contributed by atoms with Crippen molar-refractivity contribution in [1.82, 2.24) is 10.2 Å². The Morgan fingerprint density at radius 3 is 1.92 bits per heavy atom. The van der Waals surface area contributed by atoms with E-state index in [0.717, 1.165) is 15.4 Å². The van der Waals surface area contributed by atoms with E-state index in [1.54, 1.807) is 61.7 Å². The van der Waals surface area contributed by atoms with Crippen LogP contribution < -0.4 is 19.1 Å². The second kappa shape index (κ2) is 17.4. The maximum Gasteiger partial charge on any atom is 0.264 e. The van der Waals surface area contributed by atoms with E-state index >= 15 is 0 Å². The molecule has 2 atom stereocenters. The van der Waals surface area contributed by atoms with E-state index in [4.69, 9.17) is 9.47 Å². The number of nitrogens with zero attached hydrogens (tertiary/aromatic N) is 2. The molecule has 0 heterocycles. The molecular formula is C41H43N3O6S. The molecule has 0 saturated carbocycles. The Morgan fingerprint density at radius 2 is 1.29 bits per heavy atom. The molecule has 0 radical (unpaired) electrons. The lowest BCUT2D eigenvalue weighted by atomic mass is 10.0. The number of rotatable bonds is 16.